The zero-order chi connectivity index (χ0) is 20.5. The lowest BCUT2D eigenvalue weighted by Crippen LogP contribution is -2.08. The molecule has 1 aromatic heterocycles. The normalized spacial score (nSPS) is 18.1. The third-order valence-electron chi connectivity index (χ3n) is 5.89. The van der Waals surface area contributed by atoms with Crippen molar-refractivity contribution in [2.75, 3.05) is 13.7 Å². The van der Waals surface area contributed by atoms with Gasteiger partial charge in [-0.3, -0.25) is 4.79 Å². The zero-order valence-corrected chi connectivity index (χ0v) is 18.7. The van der Waals surface area contributed by atoms with E-state index in [1.165, 1.54) is 27.7 Å². The summed E-state index contributed by atoms with van der Waals surface area (Å²) in [4.78, 5) is 12.1. The SMILES string of the molecule is CCOC(=O)C1CC1Cc1c(C)n(Cc2ccc(Br)cc2)c2ccc(OC)cc12. The van der Waals surface area contributed by atoms with Crippen LogP contribution in [0.3, 0.4) is 0 Å². The minimum atomic E-state index is -0.0497. The number of nitrogens with zero attached hydrogens (tertiary/aromatic N) is 1. The highest BCUT2D eigenvalue weighted by Crippen LogP contribution is 2.44. The number of hydrogen-bond acceptors (Lipinski definition) is 3. The van der Waals surface area contributed by atoms with Crippen molar-refractivity contribution in [3.05, 3.63) is 63.8 Å². The molecule has 3 aromatic rings. The summed E-state index contributed by atoms with van der Waals surface area (Å²) in [5, 5.41) is 1.22. The lowest BCUT2D eigenvalue weighted by Gasteiger charge is -2.10. The molecule has 1 heterocycles. The lowest BCUT2D eigenvalue weighted by atomic mass is 10.0. The van der Waals surface area contributed by atoms with Crippen LogP contribution < -0.4 is 4.74 Å². The summed E-state index contributed by atoms with van der Waals surface area (Å²) in [6, 6.07) is 14.7. The van der Waals surface area contributed by atoms with Gasteiger partial charge in [0.15, 0.2) is 0 Å². The van der Waals surface area contributed by atoms with Crippen molar-refractivity contribution in [1.29, 1.82) is 0 Å². The first kappa shape index (κ1) is 20.0. The maximum Gasteiger partial charge on any atom is 0.309 e. The van der Waals surface area contributed by atoms with Crippen molar-refractivity contribution in [1.82, 2.24) is 4.57 Å². The summed E-state index contributed by atoms with van der Waals surface area (Å²) in [5.74, 6) is 1.22. The van der Waals surface area contributed by atoms with Gasteiger partial charge in [-0.05, 0) is 74.1 Å². The Balaban J connectivity index is 1.68. The first-order chi connectivity index (χ1) is 14.0. The van der Waals surface area contributed by atoms with Gasteiger partial charge in [0.2, 0.25) is 0 Å². The monoisotopic (exact) mass is 455 g/mol. The number of aromatic nitrogens is 1. The smallest absolute Gasteiger partial charge is 0.309 e. The molecule has 152 valence electrons. The standard InChI is InChI=1S/C24H26BrNO3/c1-4-29-24(27)21-12-17(21)11-20-15(2)26(14-16-5-7-18(25)8-6-16)23-10-9-19(28-3)13-22(20)23/h5-10,13,17,21H,4,11-12,14H2,1-3H3. The summed E-state index contributed by atoms with van der Waals surface area (Å²) in [5.41, 5.74) is 5.03. The zero-order valence-electron chi connectivity index (χ0n) is 17.1. The molecule has 29 heavy (non-hydrogen) atoms. The highest BCUT2D eigenvalue weighted by molar-refractivity contribution is 9.10. The summed E-state index contributed by atoms with van der Waals surface area (Å²) < 4.78 is 14.1. The molecule has 4 nitrogen and oxygen atoms in total. The summed E-state index contributed by atoms with van der Waals surface area (Å²) in [6.45, 7) is 5.31. The van der Waals surface area contributed by atoms with Crippen LogP contribution in [0.2, 0.25) is 0 Å². The molecule has 4 rings (SSSR count). The quantitative estimate of drug-likeness (QED) is 0.440. The number of fused-ring (bicyclic) bond motifs is 1. The molecule has 1 fully saturated rings. The minimum Gasteiger partial charge on any atom is -0.497 e. The Bertz CT molecular complexity index is 1040. The number of rotatable bonds is 7. The van der Waals surface area contributed by atoms with Crippen LogP contribution in [0.5, 0.6) is 5.75 Å². The van der Waals surface area contributed by atoms with Crippen LogP contribution in [0, 0.1) is 18.8 Å². The Morgan fingerprint density at radius 2 is 1.97 bits per heavy atom. The van der Waals surface area contributed by atoms with Gasteiger partial charge in [-0.2, -0.15) is 0 Å². The van der Waals surface area contributed by atoms with Crippen molar-refractivity contribution < 1.29 is 14.3 Å². The van der Waals surface area contributed by atoms with Gasteiger partial charge in [0.05, 0.1) is 19.6 Å². The lowest BCUT2D eigenvalue weighted by molar-refractivity contribution is -0.145. The molecular formula is C24H26BrNO3. The molecule has 2 unspecified atom stereocenters. The molecule has 0 N–H and O–H groups in total. The van der Waals surface area contributed by atoms with Crippen LogP contribution in [-0.2, 0) is 22.5 Å². The Morgan fingerprint density at radius 1 is 1.21 bits per heavy atom. The number of ether oxygens (including phenoxy) is 2. The largest absolute Gasteiger partial charge is 0.497 e. The van der Waals surface area contributed by atoms with Gasteiger partial charge in [-0.1, -0.05) is 28.1 Å². The fourth-order valence-electron chi connectivity index (χ4n) is 4.16. The average Bonchev–Trinajstić information content (AvgIpc) is 3.45. The second-order valence-corrected chi connectivity index (χ2v) is 8.63. The van der Waals surface area contributed by atoms with E-state index in [2.05, 4.69) is 63.8 Å². The molecule has 0 amide bonds. The predicted molar refractivity (Wildman–Crippen MR) is 118 cm³/mol. The first-order valence-corrected chi connectivity index (χ1v) is 10.9. The van der Waals surface area contributed by atoms with E-state index in [1.54, 1.807) is 7.11 Å². The van der Waals surface area contributed by atoms with Gasteiger partial charge < -0.3 is 14.0 Å². The Morgan fingerprint density at radius 3 is 2.66 bits per heavy atom. The van der Waals surface area contributed by atoms with E-state index in [0.717, 1.165) is 29.6 Å². The summed E-state index contributed by atoms with van der Waals surface area (Å²) >= 11 is 3.51. The highest BCUT2D eigenvalue weighted by atomic mass is 79.9. The van der Waals surface area contributed by atoms with Crippen molar-refractivity contribution >= 4 is 32.8 Å². The van der Waals surface area contributed by atoms with Crippen LogP contribution in [0.25, 0.3) is 10.9 Å². The molecule has 1 saturated carbocycles. The van der Waals surface area contributed by atoms with Crippen molar-refractivity contribution in [3.63, 3.8) is 0 Å². The van der Waals surface area contributed by atoms with Gasteiger partial charge in [0.25, 0.3) is 0 Å². The summed E-state index contributed by atoms with van der Waals surface area (Å²) in [6.07, 6.45) is 1.81. The molecule has 1 aliphatic rings. The van der Waals surface area contributed by atoms with Gasteiger partial charge in [0, 0.05) is 27.6 Å². The van der Waals surface area contributed by atoms with E-state index in [1.807, 2.05) is 13.0 Å². The second-order valence-electron chi connectivity index (χ2n) is 7.72. The number of esters is 1. The molecule has 0 saturated heterocycles. The molecular weight excluding hydrogens is 430 g/mol. The molecule has 0 radical (unpaired) electrons. The first-order valence-electron chi connectivity index (χ1n) is 10.1. The van der Waals surface area contributed by atoms with Gasteiger partial charge in [0.1, 0.15) is 5.75 Å². The Hall–Kier alpha value is -2.27. The van der Waals surface area contributed by atoms with Crippen molar-refractivity contribution in [3.8, 4) is 5.75 Å². The van der Waals surface area contributed by atoms with Crippen LogP contribution in [-0.4, -0.2) is 24.3 Å². The van der Waals surface area contributed by atoms with Crippen LogP contribution in [0.4, 0.5) is 0 Å². The maximum absolute atomic E-state index is 12.1. The number of carbonyl (C=O) groups excluding carboxylic acids is 1. The van der Waals surface area contributed by atoms with Crippen LogP contribution >= 0.6 is 15.9 Å². The number of hydrogen-bond donors (Lipinski definition) is 0. The second kappa shape index (κ2) is 8.23. The Labute approximate surface area is 179 Å². The molecule has 0 bridgehead atoms. The van der Waals surface area contributed by atoms with E-state index in [4.69, 9.17) is 9.47 Å². The molecule has 1 aliphatic carbocycles. The van der Waals surface area contributed by atoms with E-state index in [0.29, 0.717) is 12.5 Å². The highest BCUT2D eigenvalue weighted by Gasteiger charge is 2.44. The van der Waals surface area contributed by atoms with Crippen molar-refractivity contribution in [2.45, 2.75) is 33.2 Å². The molecule has 5 heteroatoms. The number of carbonyl (C=O) groups is 1. The molecule has 2 atom stereocenters. The third kappa shape index (κ3) is 4.06. The topological polar surface area (TPSA) is 40.5 Å². The average molecular weight is 456 g/mol. The molecule has 2 aromatic carbocycles. The Kier molecular flexibility index (Phi) is 5.68. The maximum atomic E-state index is 12.1. The van der Waals surface area contributed by atoms with E-state index >= 15 is 0 Å². The molecule has 0 aliphatic heterocycles. The van der Waals surface area contributed by atoms with Gasteiger partial charge >= 0.3 is 5.97 Å². The number of halogens is 1. The third-order valence-corrected chi connectivity index (χ3v) is 6.42. The fourth-order valence-corrected chi connectivity index (χ4v) is 4.43. The van der Waals surface area contributed by atoms with E-state index in [9.17, 15) is 4.79 Å². The van der Waals surface area contributed by atoms with E-state index in [-0.39, 0.29) is 11.9 Å². The van der Waals surface area contributed by atoms with Crippen LogP contribution in [0.15, 0.2) is 46.9 Å². The van der Waals surface area contributed by atoms with E-state index < -0.39 is 0 Å². The minimum absolute atomic E-state index is 0.0461. The number of benzene rings is 2. The predicted octanol–water partition coefficient (Wildman–Crippen LogP) is 5.51. The molecule has 0 spiro atoms. The summed E-state index contributed by atoms with van der Waals surface area (Å²) in [7, 11) is 1.70. The van der Waals surface area contributed by atoms with Gasteiger partial charge in [-0.15, -0.1) is 0 Å². The van der Waals surface area contributed by atoms with Crippen molar-refractivity contribution in [2.24, 2.45) is 11.8 Å². The number of methoxy groups -OCH3 is 1. The van der Waals surface area contributed by atoms with Gasteiger partial charge in [-0.25, -0.2) is 0 Å². The van der Waals surface area contributed by atoms with Crippen LogP contribution in [0.1, 0.15) is 30.2 Å². The fraction of sp³-hybridized carbons (Fsp3) is 0.375.